The van der Waals surface area contributed by atoms with Crippen LogP contribution >= 0.6 is 0 Å². The van der Waals surface area contributed by atoms with E-state index < -0.39 is 5.95 Å². The van der Waals surface area contributed by atoms with Crippen molar-refractivity contribution in [3.63, 3.8) is 0 Å². The molecule has 2 aromatic rings. The van der Waals surface area contributed by atoms with Gasteiger partial charge in [0.05, 0.1) is 13.2 Å². The molecular weight excluding hydrogens is 333 g/mol. The van der Waals surface area contributed by atoms with Crippen molar-refractivity contribution >= 4 is 11.6 Å². The van der Waals surface area contributed by atoms with Crippen molar-refractivity contribution < 1.29 is 13.9 Å². The average molecular weight is 357 g/mol. The Bertz CT molecular complexity index is 715. The first-order valence-corrected chi connectivity index (χ1v) is 9.03. The van der Waals surface area contributed by atoms with E-state index in [0.29, 0.717) is 12.0 Å². The predicted molar refractivity (Wildman–Crippen MR) is 99.4 cm³/mol. The summed E-state index contributed by atoms with van der Waals surface area (Å²) in [6, 6.07) is 10.5. The van der Waals surface area contributed by atoms with Crippen LogP contribution in [0.5, 0.6) is 0 Å². The lowest BCUT2D eigenvalue weighted by Gasteiger charge is -2.26. The Balaban J connectivity index is 1.42. The maximum atomic E-state index is 13.7. The van der Waals surface area contributed by atoms with Crippen LogP contribution in [0, 0.1) is 5.95 Å². The summed E-state index contributed by atoms with van der Waals surface area (Å²) in [5.74, 6) is -0.489. The number of morpholine rings is 1. The minimum atomic E-state index is -0.496. The second-order valence-corrected chi connectivity index (χ2v) is 6.38. The van der Waals surface area contributed by atoms with Gasteiger partial charge < -0.3 is 10.1 Å². The molecule has 1 amide bonds. The van der Waals surface area contributed by atoms with E-state index in [4.69, 9.17) is 4.74 Å². The largest absolute Gasteiger partial charge is 0.379 e. The first-order valence-electron chi connectivity index (χ1n) is 9.03. The van der Waals surface area contributed by atoms with Crippen LogP contribution in [0.15, 0.2) is 42.6 Å². The summed E-state index contributed by atoms with van der Waals surface area (Å²) in [7, 11) is 0. The van der Waals surface area contributed by atoms with Crippen LogP contribution in [0.4, 0.5) is 10.1 Å². The molecule has 3 rings (SSSR count). The standard InChI is InChI=1S/C20H24FN3O2/c21-20-18(4-3-10-22-20)16-6-8-17(9-7-16)23-19(25)5-1-2-11-24-12-14-26-15-13-24/h3-4,6-10H,1-2,5,11-15H2,(H,23,25). The van der Waals surface area contributed by atoms with Crippen molar-refractivity contribution in [3.05, 3.63) is 48.5 Å². The number of ether oxygens (including phenoxy) is 1. The van der Waals surface area contributed by atoms with Crippen molar-refractivity contribution in [2.24, 2.45) is 0 Å². The van der Waals surface area contributed by atoms with Crippen molar-refractivity contribution in [1.29, 1.82) is 0 Å². The van der Waals surface area contributed by atoms with E-state index in [1.54, 1.807) is 36.4 Å². The molecule has 1 aromatic heterocycles. The molecular formula is C20H24FN3O2. The third-order valence-corrected chi connectivity index (χ3v) is 4.47. The van der Waals surface area contributed by atoms with E-state index >= 15 is 0 Å². The zero-order valence-electron chi connectivity index (χ0n) is 14.8. The minimum absolute atomic E-state index is 0.00675. The molecule has 0 atom stereocenters. The van der Waals surface area contributed by atoms with Crippen molar-refractivity contribution in [1.82, 2.24) is 9.88 Å². The number of pyridine rings is 1. The van der Waals surface area contributed by atoms with Gasteiger partial charge in [-0.25, -0.2) is 4.98 Å². The summed E-state index contributed by atoms with van der Waals surface area (Å²) in [6.45, 7) is 4.59. The number of rotatable bonds is 7. The van der Waals surface area contributed by atoms with Crippen molar-refractivity contribution in [2.45, 2.75) is 19.3 Å². The molecule has 0 saturated carbocycles. The van der Waals surface area contributed by atoms with Gasteiger partial charge in [0.25, 0.3) is 0 Å². The molecule has 0 unspecified atom stereocenters. The van der Waals surface area contributed by atoms with E-state index in [9.17, 15) is 9.18 Å². The summed E-state index contributed by atoms with van der Waals surface area (Å²) in [4.78, 5) is 18.1. The van der Waals surface area contributed by atoms with E-state index in [-0.39, 0.29) is 5.91 Å². The number of anilines is 1. The molecule has 1 aliphatic rings. The predicted octanol–water partition coefficient (Wildman–Crippen LogP) is 3.33. The molecule has 0 bridgehead atoms. The fourth-order valence-electron chi connectivity index (χ4n) is 3.00. The lowest BCUT2D eigenvalue weighted by molar-refractivity contribution is -0.116. The second kappa shape index (κ2) is 9.40. The van der Waals surface area contributed by atoms with Crippen LogP contribution in [-0.2, 0) is 9.53 Å². The highest BCUT2D eigenvalue weighted by Gasteiger charge is 2.10. The fraction of sp³-hybridized carbons (Fsp3) is 0.400. The van der Waals surface area contributed by atoms with E-state index in [0.717, 1.165) is 56.9 Å². The molecule has 2 heterocycles. The molecule has 5 nitrogen and oxygen atoms in total. The molecule has 1 fully saturated rings. The maximum Gasteiger partial charge on any atom is 0.224 e. The number of benzene rings is 1. The summed E-state index contributed by atoms with van der Waals surface area (Å²) in [6.07, 6.45) is 3.80. The van der Waals surface area contributed by atoms with Crippen LogP contribution in [0.2, 0.25) is 0 Å². The monoisotopic (exact) mass is 357 g/mol. The highest BCUT2D eigenvalue weighted by molar-refractivity contribution is 5.90. The number of unbranched alkanes of at least 4 members (excludes halogenated alkanes) is 1. The number of hydrogen-bond donors (Lipinski definition) is 1. The SMILES string of the molecule is O=C(CCCCN1CCOCC1)Nc1ccc(-c2cccnc2F)cc1. The van der Waals surface area contributed by atoms with Crippen LogP contribution in [0.1, 0.15) is 19.3 Å². The fourth-order valence-corrected chi connectivity index (χ4v) is 3.00. The first-order chi connectivity index (χ1) is 12.7. The molecule has 0 aliphatic carbocycles. The van der Waals surface area contributed by atoms with Gasteiger partial charge in [-0.05, 0) is 49.2 Å². The number of carbonyl (C=O) groups excluding carboxylic acids is 1. The Kier molecular flexibility index (Phi) is 6.68. The molecule has 138 valence electrons. The number of aromatic nitrogens is 1. The summed E-state index contributed by atoms with van der Waals surface area (Å²) in [5, 5.41) is 2.89. The Hall–Kier alpha value is -2.31. The second-order valence-electron chi connectivity index (χ2n) is 6.38. The van der Waals surface area contributed by atoms with Crippen LogP contribution < -0.4 is 5.32 Å². The third-order valence-electron chi connectivity index (χ3n) is 4.47. The van der Waals surface area contributed by atoms with E-state index in [2.05, 4.69) is 15.2 Å². The zero-order chi connectivity index (χ0) is 18.2. The van der Waals surface area contributed by atoms with Gasteiger partial charge in [0.2, 0.25) is 11.9 Å². The zero-order valence-corrected chi connectivity index (χ0v) is 14.8. The molecule has 6 heteroatoms. The van der Waals surface area contributed by atoms with Gasteiger partial charge in [-0.15, -0.1) is 0 Å². The Morgan fingerprint density at radius 1 is 1.15 bits per heavy atom. The first kappa shape index (κ1) is 18.5. The number of hydrogen-bond acceptors (Lipinski definition) is 4. The maximum absolute atomic E-state index is 13.7. The van der Waals surface area contributed by atoms with Crippen LogP contribution in [-0.4, -0.2) is 48.6 Å². The van der Waals surface area contributed by atoms with Crippen molar-refractivity contribution in [2.75, 3.05) is 38.2 Å². The summed E-state index contributed by atoms with van der Waals surface area (Å²) in [5.41, 5.74) is 1.91. The number of halogens is 1. The van der Waals surface area contributed by atoms with Crippen LogP contribution in [0.3, 0.4) is 0 Å². The number of nitrogens with zero attached hydrogens (tertiary/aromatic N) is 2. The molecule has 1 aromatic carbocycles. The van der Waals surface area contributed by atoms with Gasteiger partial charge in [0.15, 0.2) is 0 Å². The van der Waals surface area contributed by atoms with Gasteiger partial charge in [0.1, 0.15) is 0 Å². The molecule has 0 radical (unpaired) electrons. The lowest BCUT2D eigenvalue weighted by Crippen LogP contribution is -2.36. The Morgan fingerprint density at radius 3 is 2.65 bits per heavy atom. The average Bonchev–Trinajstić information content (AvgIpc) is 2.67. The summed E-state index contributed by atoms with van der Waals surface area (Å²) < 4.78 is 19.0. The third kappa shape index (κ3) is 5.34. The van der Waals surface area contributed by atoms with Crippen molar-refractivity contribution in [3.8, 4) is 11.1 Å². The molecule has 0 spiro atoms. The highest BCUT2D eigenvalue weighted by Crippen LogP contribution is 2.23. The Labute approximate surface area is 153 Å². The molecule has 1 saturated heterocycles. The molecule has 1 aliphatic heterocycles. The normalized spacial score (nSPS) is 15.0. The lowest BCUT2D eigenvalue weighted by atomic mass is 10.1. The highest BCUT2D eigenvalue weighted by atomic mass is 19.1. The summed E-state index contributed by atoms with van der Waals surface area (Å²) >= 11 is 0. The number of amides is 1. The molecule has 26 heavy (non-hydrogen) atoms. The number of carbonyl (C=O) groups is 1. The van der Waals surface area contributed by atoms with Gasteiger partial charge in [-0.3, -0.25) is 9.69 Å². The van der Waals surface area contributed by atoms with Crippen LogP contribution in [0.25, 0.3) is 11.1 Å². The minimum Gasteiger partial charge on any atom is -0.379 e. The van der Waals surface area contributed by atoms with Gasteiger partial charge in [0, 0.05) is 37.0 Å². The number of nitrogens with one attached hydrogen (secondary N) is 1. The van der Waals surface area contributed by atoms with E-state index in [1.807, 2.05) is 0 Å². The van der Waals surface area contributed by atoms with Gasteiger partial charge in [-0.1, -0.05) is 12.1 Å². The Morgan fingerprint density at radius 2 is 1.92 bits per heavy atom. The quantitative estimate of drug-likeness (QED) is 0.610. The topological polar surface area (TPSA) is 54.5 Å². The smallest absolute Gasteiger partial charge is 0.224 e. The van der Waals surface area contributed by atoms with Gasteiger partial charge >= 0.3 is 0 Å². The molecule has 1 N–H and O–H groups in total. The van der Waals surface area contributed by atoms with Gasteiger partial charge in [-0.2, -0.15) is 4.39 Å². The van der Waals surface area contributed by atoms with E-state index in [1.165, 1.54) is 6.20 Å².